The van der Waals surface area contributed by atoms with E-state index in [1.165, 1.54) is 12.3 Å². The van der Waals surface area contributed by atoms with E-state index in [0.717, 1.165) is 4.57 Å². The van der Waals surface area contributed by atoms with E-state index in [1.807, 2.05) is 0 Å². The second-order valence-electron chi connectivity index (χ2n) is 4.70. The third-order valence-corrected chi connectivity index (χ3v) is 3.26. The Balaban J connectivity index is 2.22. The maximum atomic E-state index is 12.0. The van der Waals surface area contributed by atoms with Crippen molar-refractivity contribution in [2.24, 2.45) is 0 Å². The summed E-state index contributed by atoms with van der Waals surface area (Å²) >= 11 is 0. The SMILES string of the molecule is CCC(=O)Nc1cc[n+]([C@@H]2O[C@H](CO)[C@@H](O)[C@@H]2O)c(=O)[nH]1. The molecule has 1 aromatic rings. The Labute approximate surface area is 119 Å². The van der Waals surface area contributed by atoms with Gasteiger partial charge in [-0.1, -0.05) is 6.92 Å². The largest absolute Gasteiger partial charge is 0.499 e. The predicted molar refractivity (Wildman–Crippen MR) is 69.2 cm³/mol. The first kappa shape index (κ1) is 15.6. The van der Waals surface area contributed by atoms with Gasteiger partial charge in [0.15, 0.2) is 0 Å². The molecule has 1 saturated heterocycles. The summed E-state index contributed by atoms with van der Waals surface area (Å²) in [5.41, 5.74) is -0.626. The van der Waals surface area contributed by atoms with Gasteiger partial charge in [0.2, 0.25) is 18.0 Å². The molecule has 1 aromatic heterocycles. The summed E-state index contributed by atoms with van der Waals surface area (Å²) in [6.07, 6.45) is -3.11. The van der Waals surface area contributed by atoms with Gasteiger partial charge in [0, 0.05) is 12.5 Å². The van der Waals surface area contributed by atoms with Gasteiger partial charge in [0.1, 0.15) is 24.5 Å². The smallest absolute Gasteiger partial charge is 0.394 e. The molecular weight excluding hydrogens is 282 g/mol. The number of aliphatic hydroxyl groups excluding tert-OH is 3. The number of aliphatic hydroxyl groups is 3. The highest BCUT2D eigenvalue weighted by Gasteiger charge is 2.46. The number of nitrogens with zero attached hydrogens (tertiary/aromatic N) is 1. The lowest BCUT2D eigenvalue weighted by atomic mass is 10.1. The van der Waals surface area contributed by atoms with Crippen molar-refractivity contribution in [2.75, 3.05) is 11.9 Å². The molecule has 0 bridgehead atoms. The molecule has 0 aliphatic carbocycles. The molecule has 0 aromatic carbocycles. The van der Waals surface area contributed by atoms with Crippen LogP contribution in [0.15, 0.2) is 17.1 Å². The number of hydrogen-bond donors (Lipinski definition) is 5. The highest BCUT2D eigenvalue weighted by Crippen LogP contribution is 2.24. The fourth-order valence-corrected chi connectivity index (χ4v) is 2.07. The van der Waals surface area contributed by atoms with Gasteiger partial charge in [-0.05, 0) is 0 Å². The summed E-state index contributed by atoms with van der Waals surface area (Å²) in [6, 6.07) is 1.43. The molecule has 0 spiro atoms. The summed E-state index contributed by atoms with van der Waals surface area (Å²) in [4.78, 5) is 25.6. The van der Waals surface area contributed by atoms with E-state index < -0.39 is 36.8 Å². The molecule has 9 heteroatoms. The molecule has 0 radical (unpaired) electrons. The number of anilines is 1. The molecular formula is C12H18N3O6+. The number of aromatic amines is 1. The number of nitrogens with one attached hydrogen (secondary N) is 2. The Bertz CT molecular complexity index is 574. The van der Waals surface area contributed by atoms with Gasteiger partial charge in [-0.25, -0.2) is 0 Å². The van der Waals surface area contributed by atoms with Crippen LogP contribution >= 0.6 is 0 Å². The average molecular weight is 300 g/mol. The van der Waals surface area contributed by atoms with Crippen LogP contribution in [0.25, 0.3) is 0 Å². The van der Waals surface area contributed by atoms with Crippen LogP contribution in [0.3, 0.4) is 0 Å². The lowest BCUT2D eigenvalue weighted by molar-refractivity contribution is -0.779. The second-order valence-corrected chi connectivity index (χ2v) is 4.70. The van der Waals surface area contributed by atoms with Crippen LogP contribution in [0.5, 0.6) is 0 Å². The van der Waals surface area contributed by atoms with E-state index in [2.05, 4.69) is 10.3 Å². The lowest BCUT2D eigenvalue weighted by Gasteiger charge is -2.11. The van der Waals surface area contributed by atoms with E-state index in [1.54, 1.807) is 6.92 Å². The fourth-order valence-electron chi connectivity index (χ4n) is 2.07. The van der Waals surface area contributed by atoms with Gasteiger partial charge in [-0.15, -0.1) is 0 Å². The average Bonchev–Trinajstić information content (AvgIpc) is 2.75. The lowest BCUT2D eigenvalue weighted by Crippen LogP contribution is -2.58. The molecule has 0 unspecified atom stereocenters. The minimum absolute atomic E-state index is 0.217. The molecule has 1 aliphatic rings. The molecule has 116 valence electrons. The Morgan fingerprint density at radius 2 is 2.19 bits per heavy atom. The Kier molecular flexibility index (Phi) is 4.68. The van der Waals surface area contributed by atoms with Crippen molar-refractivity contribution in [1.29, 1.82) is 0 Å². The first-order valence-corrected chi connectivity index (χ1v) is 6.54. The highest BCUT2D eigenvalue weighted by atomic mass is 16.6. The van der Waals surface area contributed by atoms with Gasteiger partial charge in [-0.2, -0.15) is 14.3 Å². The second kappa shape index (κ2) is 6.31. The Hall–Kier alpha value is -1.81. The first-order chi connectivity index (χ1) is 9.97. The minimum Gasteiger partial charge on any atom is -0.394 e. The van der Waals surface area contributed by atoms with Crippen LogP contribution in [0, 0.1) is 0 Å². The van der Waals surface area contributed by atoms with E-state index in [-0.39, 0.29) is 18.1 Å². The van der Waals surface area contributed by atoms with Gasteiger partial charge in [0.25, 0.3) is 0 Å². The van der Waals surface area contributed by atoms with E-state index in [0.29, 0.717) is 0 Å². The van der Waals surface area contributed by atoms with Crippen molar-refractivity contribution >= 4 is 11.7 Å². The summed E-state index contributed by atoms with van der Waals surface area (Å²) < 4.78 is 6.30. The van der Waals surface area contributed by atoms with Crippen LogP contribution in [0.2, 0.25) is 0 Å². The van der Waals surface area contributed by atoms with Crippen LogP contribution in [-0.4, -0.2) is 51.1 Å². The highest BCUT2D eigenvalue weighted by molar-refractivity contribution is 5.89. The van der Waals surface area contributed by atoms with Crippen molar-refractivity contribution in [3.05, 3.63) is 22.7 Å². The number of hydrogen-bond acceptors (Lipinski definition) is 6. The van der Waals surface area contributed by atoms with Gasteiger partial charge < -0.3 is 20.1 Å². The van der Waals surface area contributed by atoms with E-state index in [9.17, 15) is 19.8 Å². The Morgan fingerprint density at radius 1 is 1.48 bits per heavy atom. The maximum absolute atomic E-state index is 12.0. The minimum atomic E-state index is -1.34. The van der Waals surface area contributed by atoms with Crippen LogP contribution in [-0.2, 0) is 9.53 Å². The summed E-state index contributed by atoms with van der Waals surface area (Å²) in [6.45, 7) is 1.20. The summed E-state index contributed by atoms with van der Waals surface area (Å²) in [5, 5.41) is 31.0. The van der Waals surface area contributed by atoms with Crippen LogP contribution in [0.1, 0.15) is 19.6 Å². The van der Waals surface area contributed by atoms with Gasteiger partial charge in [-0.3, -0.25) is 10.1 Å². The zero-order valence-corrected chi connectivity index (χ0v) is 11.4. The number of amides is 1. The third kappa shape index (κ3) is 3.10. The van der Waals surface area contributed by atoms with Gasteiger partial charge in [0.05, 0.1) is 6.61 Å². The molecule has 2 heterocycles. The molecule has 4 atom stereocenters. The third-order valence-electron chi connectivity index (χ3n) is 3.26. The molecule has 1 amide bonds. The summed E-state index contributed by atoms with van der Waals surface area (Å²) in [5.74, 6) is -0.0360. The number of rotatable bonds is 4. The number of carbonyl (C=O) groups is 1. The molecule has 5 N–H and O–H groups in total. The number of aromatic nitrogens is 2. The van der Waals surface area contributed by atoms with Crippen molar-refractivity contribution in [3.8, 4) is 0 Å². The zero-order valence-electron chi connectivity index (χ0n) is 11.4. The molecule has 0 saturated carbocycles. The van der Waals surface area contributed by atoms with E-state index >= 15 is 0 Å². The maximum Gasteiger partial charge on any atom is 0.499 e. The molecule has 9 nitrogen and oxygen atoms in total. The van der Waals surface area contributed by atoms with Gasteiger partial charge >= 0.3 is 5.69 Å². The molecule has 1 fully saturated rings. The summed E-state index contributed by atoms with van der Waals surface area (Å²) in [7, 11) is 0. The van der Waals surface area contributed by atoms with Crippen molar-refractivity contribution in [2.45, 2.75) is 37.9 Å². The number of H-pyrrole nitrogens is 1. The normalized spacial score (nSPS) is 28.6. The molecule has 2 rings (SSSR count). The van der Waals surface area contributed by atoms with Crippen molar-refractivity contribution in [3.63, 3.8) is 0 Å². The predicted octanol–water partition coefficient (Wildman–Crippen LogP) is -2.38. The van der Waals surface area contributed by atoms with Crippen molar-refractivity contribution in [1.82, 2.24) is 4.98 Å². The van der Waals surface area contributed by atoms with E-state index in [4.69, 9.17) is 9.84 Å². The first-order valence-electron chi connectivity index (χ1n) is 6.54. The van der Waals surface area contributed by atoms with Crippen LogP contribution in [0.4, 0.5) is 5.82 Å². The number of ether oxygens (including phenoxy) is 1. The van der Waals surface area contributed by atoms with Crippen molar-refractivity contribution < 1.29 is 29.4 Å². The fraction of sp³-hybridized carbons (Fsp3) is 0.583. The molecule has 21 heavy (non-hydrogen) atoms. The number of carbonyl (C=O) groups excluding carboxylic acids is 1. The van der Waals surface area contributed by atoms with Crippen LogP contribution < -0.4 is 15.6 Å². The monoisotopic (exact) mass is 300 g/mol. The standard InChI is InChI=1S/C12H17N3O6/c1-2-8(17)13-7-3-4-15(12(20)14-7)11-10(19)9(18)6(5-16)21-11/h3-4,6,9-11,16,18-19H,2,5H2,1H3,(H,13,14,17,20)/p+1/t6-,9-,10+,11-/m1/s1. The topological polar surface area (TPSA) is 136 Å². The zero-order chi connectivity index (χ0) is 15.6. The molecule has 1 aliphatic heterocycles. The Morgan fingerprint density at radius 3 is 2.71 bits per heavy atom. The quantitative estimate of drug-likeness (QED) is 0.394.